The van der Waals surface area contributed by atoms with E-state index in [-0.39, 0.29) is 4.90 Å². The number of pyridine rings is 1. The van der Waals surface area contributed by atoms with Crippen molar-refractivity contribution in [1.29, 1.82) is 0 Å². The Morgan fingerprint density at radius 1 is 1.06 bits per heavy atom. The van der Waals surface area contributed by atoms with Gasteiger partial charge < -0.3 is 14.8 Å². The molecule has 1 atom stereocenters. The number of fused-ring (bicyclic) bond motifs is 1. The molecule has 1 unspecified atom stereocenters. The van der Waals surface area contributed by atoms with Crippen LogP contribution in [-0.2, 0) is 24.3 Å². The fourth-order valence-corrected chi connectivity index (χ4v) is 5.40. The molecule has 0 radical (unpaired) electrons. The van der Waals surface area contributed by atoms with Gasteiger partial charge in [-0.3, -0.25) is 9.78 Å². The highest BCUT2D eigenvalue weighted by Crippen LogP contribution is 2.24. The average molecular weight is 498 g/mol. The molecule has 1 saturated heterocycles. The van der Waals surface area contributed by atoms with E-state index in [9.17, 15) is 18.0 Å². The van der Waals surface area contributed by atoms with Crippen LogP contribution in [0.1, 0.15) is 28.5 Å². The second-order valence-corrected chi connectivity index (χ2v) is 10.2. The number of carbonyl (C=O) groups is 2. The summed E-state index contributed by atoms with van der Waals surface area (Å²) in [5, 5.41) is 3.50. The minimum Gasteiger partial charge on any atom is -0.449 e. The Kier molecular flexibility index (Phi) is 7.15. The summed E-state index contributed by atoms with van der Waals surface area (Å²) in [7, 11) is -3.63. The molecular formula is C25H27N3O6S. The molecule has 1 aliphatic heterocycles. The number of ether oxygens (including phenoxy) is 2. The van der Waals surface area contributed by atoms with Crippen LogP contribution < -0.4 is 5.32 Å². The number of esters is 1. The van der Waals surface area contributed by atoms with Crippen LogP contribution >= 0.6 is 0 Å². The summed E-state index contributed by atoms with van der Waals surface area (Å²) < 4.78 is 37.5. The number of amides is 1. The lowest BCUT2D eigenvalue weighted by molar-refractivity contribution is -0.123. The van der Waals surface area contributed by atoms with Gasteiger partial charge in [0.25, 0.3) is 5.91 Å². The summed E-state index contributed by atoms with van der Waals surface area (Å²) in [5.41, 5.74) is 2.77. The van der Waals surface area contributed by atoms with Gasteiger partial charge in [-0.1, -0.05) is 18.2 Å². The third-order valence-corrected chi connectivity index (χ3v) is 7.83. The highest BCUT2D eigenvalue weighted by molar-refractivity contribution is 7.89. The van der Waals surface area contributed by atoms with Crippen LogP contribution in [0.2, 0.25) is 0 Å². The quantitative estimate of drug-likeness (QED) is 0.521. The number of morpholine rings is 1. The Bertz CT molecular complexity index is 1370. The van der Waals surface area contributed by atoms with E-state index < -0.39 is 28.0 Å². The lowest BCUT2D eigenvalue weighted by atomic mass is 10.0. The van der Waals surface area contributed by atoms with Crippen LogP contribution in [0, 0.1) is 13.8 Å². The Hall–Kier alpha value is -3.34. The van der Waals surface area contributed by atoms with Crippen molar-refractivity contribution in [2.75, 3.05) is 31.6 Å². The molecule has 1 amide bonds. The molecular weight excluding hydrogens is 470 g/mol. The van der Waals surface area contributed by atoms with E-state index in [0.29, 0.717) is 43.2 Å². The molecule has 0 aliphatic carbocycles. The maximum Gasteiger partial charge on any atom is 0.341 e. The van der Waals surface area contributed by atoms with Gasteiger partial charge in [0.1, 0.15) is 0 Å². The number of carbonyl (C=O) groups excluding carboxylic acids is 2. The summed E-state index contributed by atoms with van der Waals surface area (Å²) in [6.45, 7) is 6.35. The number of aryl methyl sites for hydroxylation is 2. The van der Waals surface area contributed by atoms with Crippen molar-refractivity contribution < 1.29 is 27.5 Å². The van der Waals surface area contributed by atoms with Gasteiger partial charge in [-0.2, -0.15) is 4.31 Å². The molecule has 0 bridgehead atoms. The SMILES string of the molecule is Cc1nc2ccccc2c(C)c1C(=O)OC(C)C(=O)Nc1ccc(S(=O)(=O)N2CCOCC2)cc1. The van der Waals surface area contributed by atoms with Gasteiger partial charge in [0, 0.05) is 24.2 Å². The number of benzene rings is 2. The molecule has 1 aliphatic rings. The number of hydrogen-bond donors (Lipinski definition) is 1. The number of nitrogens with zero attached hydrogens (tertiary/aromatic N) is 2. The first kappa shape index (κ1) is 24.8. The minimum absolute atomic E-state index is 0.131. The van der Waals surface area contributed by atoms with Gasteiger partial charge in [-0.05, 0) is 56.7 Å². The summed E-state index contributed by atoms with van der Waals surface area (Å²) in [6, 6.07) is 13.4. The highest BCUT2D eigenvalue weighted by atomic mass is 32.2. The number of hydrogen-bond acceptors (Lipinski definition) is 7. The van der Waals surface area contributed by atoms with E-state index in [4.69, 9.17) is 9.47 Å². The zero-order chi connectivity index (χ0) is 25.2. The van der Waals surface area contributed by atoms with E-state index >= 15 is 0 Å². The first-order valence-electron chi connectivity index (χ1n) is 11.2. The van der Waals surface area contributed by atoms with Crippen molar-refractivity contribution >= 4 is 38.5 Å². The van der Waals surface area contributed by atoms with Crippen molar-refractivity contribution in [1.82, 2.24) is 9.29 Å². The maximum absolute atomic E-state index is 12.9. The Labute approximate surface area is 204 Å². The predicted octanol–water partition coefficient (Wildman–Crippen LogP) is 3.06. The van der Waals surface area contributed by atoms with Crippen LogP contribution in [-0.4, -0.2) is 62.0 Å². The number of para-hydroxylation sites is 1. The Morgan fingerprint density at radius 3 is 2.40 bits per heavy atom. The molecule has 184 valence electrons. The maximum atomic E-state index is 12.9. The van der Waals surface area contributed by atoms with Gasteiger partial charge >= 0.3 is 5.97 Å². The average Bonchev–Trinajstić information content (AvgIpc) is 2.85. The van der Waals surface area contributed by atoms with Crippen LogP contribution in [0.5, 0.6) is 0 Å². The molecule has 0 saturated carbocycles. The second kappa shape index (κ2) is 10.1. The van der Waals surface area contributed by atoms with E-state index in [1.54, 1.807) is 6.92 Å². The lowest BCUT2D eigenvalue weighted by Gasteiger charge is -2.26. The van der Waals surface area contributed by atoms with Gasteiger partial charge in [0.15, 0.2) is 6.10 Å². The van der Waals surface area contributed by atoms with Crippen molar-refractivity contribution in [2.45, 2.75) is 31.8 Å². The third-order valence-electron chi connectivity index (χ3n) is 5.92. The second-order valence-electron chi connectivity index (χ2n) is 8.29. The van der Waals surface area contributed by atoms with Crippen molar-refractivity contribution in [2.24, 2.45) is 0 Å². The summed E-state index contributed by atoms with van der Waals surface area (Å²) >= 11 is 0. The molecule has 35 heavy (non-hydrogen) atoms. The van der Waals surface area contributed by atoms with Crippen LogP contribution in [0.15, 0.2) is 53.4 Å². The third kappa shape index (κ3) is 5.19. The van der Waals surface area contributed by atoms with Crippen LogP contribution in [0.3, 0.4) is 0 Å². The molecule has 2 heterocycles. The van der Waals surface area contributed by atoms with E-state index in [1.807, 2.05) is 31.2 Å². The van der Waals surface area contributed by atoms with Gasteiger partial charge in [-0.15, -0.1) is 0 Å². The monoisotopic (exact) mass is 497 g/mol. The van der Waals surface area contributed by atoms with Crippen molar-refractivity contribution in [3.05, 3.63) is 65.4 Å². The fourth-order valence-electron chi connectivity index (χ4n) is 3.99. The number of rotatable bonds is 6. The normalized spacial score (nSPS) is 15.5. The van der Waals surface area contributed by atoms with Gasteiger partial charge in [0.05, 0.1) is 34.9 Å². The topological polar surface area (TPSA) is 115 Å². The summed E-state index contributed by atoms with van der Waals surface area (Å²) in [6.07, 6.45) is -1.08. The molecule has 3 aromatic rings. The largest absolute Gasteiger partial charge is 0.449 e. The zero-order valence-electron chi connectivity index (χ0n) is 19.8. The molecule has 9 nitrogen and oxygen atoms in total. The number of nitrogens with one attached hydrogen (secondary N) is 1. The van der Waals surface area contributed by atoms with Crippen molar-refractivity contribution in [3.63, 3.8) is 0 Å². The Morgan fingerprint density at radius 2 is 1.71 bits per heavy atom. The van der Waals surface area contributed by atoms with Gasteiger partial charge in [-0.25, -0.2) is 13.2 Å². The summed E-state index contributed by atoms with van der Waals surface area (Å²) in [5.74, 6) is -1.17. The number of sulfonamides is 1. The molecule has 0 spiro atoms. The molecule has 1 fully saturated rings. The number of anilines is 1. The first-order valence-corrected chi connectivity index (χ1v) is 12.7. The fraction of sp³-hybridized carbons (Fsp3) is 0.320. The van der Waals surface area contributed by atoms with Crippen molar-refractivity contribution in [3.8, 4) is 0 Å². The molecule has 2 aromatic carbocycles. The molecule has 1 aromatic heterocycles. The van der Waals surface area contributed by atoms with Crippen LogP contribution in [0.4, 0.5) is 5.69 Å². The Balaban J connectivity index is 1.42. The van der Waals surface area contributed by atoms with E-state index in [2.05, 4.69) is 10.3 Å². The smallest absolute Gasteiger partial charge is 0.341 e. The summed E-state index contributed by atoms with van der Waals surface area (Å²) in [4.78, 5) is 30.1. The lowest BCUT2D eigenvalue weighted by Crippen LogP contribution is -2.40. The van der Waals surface area contributed by atoms with E-state index in [1.165, 1.54) is 35.5 Å². The molecule has 1 N–H and O–H groups in total. The zero-order valence-corrected chi connectivity index (χ0v) is 20.6. The first-order chi connectivity index (χ1) is 16.7. The standard InChI is InChI=1S/C25H27N3O6S/c1-16-21-6-4-5-7-22(21)26-17(2)23(16)25(30)34-18(3)24(29)27-19-8-10-20(11-9-19)35(31,32)28-12-14-33-15-13-28/h4-11,18H,12-15H2,1-3H3,(H,27,29). The highest BCUT2D eigenvalue weighted by Gasteiger charge is 2.27. The minimum atomic E-state index is -3.63. The van der Waals surface area contributed by atoms with Gasteiger partial charge in [0.2, 0.25) is 10.0 Å². The molecule has 4 rings (SSSR count). The van der Waals surface area contributed by atoms with E-state index in [0.717, 1.165) is 16.5 Å². The van der Waals surface area contributed by atoms with Crippen LogP contribution in [0.25, 0.3) is 10.9 Å². The predicted molar refractivity (Wildman–Crippen MR) is 131 cm³/mol. The molecule has 10 heteroatoms. The number of aromatic nitrogens is 1.